The van der Waals surface area contributed by atoms with Crippen LogP contribution in [0, 0.1) is 29.4 Å². The summed E-state index contributed by atoms with van der Waals surface area (Å²) in [6.07, 6.45) is 12.3. The summed E-state index contributed by atoms with van der Waals surface area (Å²) in [5, 5.41) is 0. The fourth-order valence-electron chi connectivity index (χ4n) is 5.00. The Balaban J connectivity index is 1.34. The van der Waals surface area contributed by atoms with Gasteiger partial charge in [-0.3, -0.25) is 0 Å². The molecule has 1 saturated heterocycles. The number of ether oxygens (including phenoxy) is 1. The van der Waals surface area contributed by atoms with E-state index in [0.717, 1.165) is 24.0 Å². The van der Waals surface area contributed by atoms with Crippen LogP contribution in [0.3, 0.4) is 0 Å². The smallest absolute Gasteiger partial charge is 0.162 e. The Morgan fingerprint density at radius 2 is 1.63 bits per heavy atom. The number of benzene rings is 1. The van der Waals surface area contributed by atoms with E-state index in [9.17, 15) is 8.78 Å². The van der Waals surface area contributed by atoms with Gasteiger partial charge in [0, 0.05) is 14.9 Å². The SMILES string of the molecule is CCCCC[Si]1CCC(C2CCC(COc3ccc(F)c(F)c3)CC2)CC1. The molecular formula is C23H35F2OSi. The first kappa shape index (κ1) is 20.8. The van der Waals surface area contributed by atoms with Crippen LogP contribution in [0.15, 0.2) is 18.2 Å². The van der Waals surface area contributed by atoms with Gasteiger partial charge in [0.25, 0.3) is 0 Å². The molecule has 2 aliphatic rings. The van der Waals surface area contributed by atoms with Gasteiger partial charge in [-0.2, -0.15) is 0 Å². The Morgan fingerprint density at radius 1 is 0.926 bits per heavy atom. The molecule has 0 amide bonds. The largest absolute Gasteiger partial charge is 0.493 e. The molecule has 1 aromatic rings. The van der Waals surface area contributed by atoms with Crippen LogP contribution in [-0.4, -0.2) is 15.4 Å². The fraction of sp³-hybridized carbons (Fsp3) is 0.739. The molecule has 0 N–H and O–H groups in total. The maximum atomic E-state index is 13.3. The van der Waals surface area contributed by atoms with E-state index < -0.39 is 11.6 Å². The summed E-state index contributed by atoms with van der Waals surface area (Å²) in [6.45, 7) is 2.93. The molecule has 0 unspecified atom stereocenters. The van der Waals surface area contributed by atoms with Crippen molar-refractivity contribution in [3.63, 3.8) is 0 Å². The molecule has 1 radical (unpaired) electrons. The maximum absolute atomic E-state index is 13.3. The molecule has 0 aromatic heterocycles. The quantitative estimate of drug-likeness (QED) is 0.334. The van der Waals surface area contributed by atoms with Crippen LogP contribution in [0.2, 0.25) is 18.1 Å². The molecule has 1 aliphatic carbocycles. The standard InChI is InChI=1S/C23H35F2OSi/c1-2-3-4-13-27-14-11-20(12-15-27)19-7-5-18(6-8-19)17-26-21-9-10-22(24)23(25)16-21/h9-10,16,18-20H,2-8,11-15,17H2,1H3. The lowest BCUT2D eigenvalue weighted by Crippen LogP contribution is -2.29. The Kier molecular flexibility index (Phi) is 8.17. The maximum Gasteiger partial charge on any atom is 0.162 e. The molecule has 2 fully saturated rings. The first-order valence-electron chi connectivity index (χ1n) is 11.1. The second-order valence-electron chi connectivity index (χ2n) is 8.71. The summed E-state index contributed by atoms with van der Waals surface area (Å²) in [4.78, 5) is 0. The Labute approximate surface area is 165 Å². The van der Waals surface area contributed by atoms with Gasteiger partial charge in [-0.15, -0.1) is 0 Å². The van der Waals surface area contributed by atoms with Crippen molar-refractivity contribution in [2.75, 3.05) is 6.61 Å². The Morgan fingerprint density at radius 3 is 2.30 bits per heavy atom. The van der Waals surface area contributed by atoms with Gasteiger partial charge in [0.2, 0.25) is 0 Å². The number of hydrogen-bond donors (Lipinski definition) is 0. The van der Waals surface area contributed by atoms with Crippen molar-refractivity contribution in [3.8, 4) is 5.75 Å². The zero-order valence-electron chi connectivity index (χ0n) is 16.8. The predicted molar refractivity (Wildman–Crippen MR) is 110 cm³/mol. The van der Waals surface area contributed by atoms with Crippen LogP contribution in [0.1, 0.15) is 64.7 Å². The van der Waals surface area contributed by atoms with Gasteiger partial charge in [-0.05, 0) is 55.6 Å². The van der Waals surface area contributed by atoms with E-state index in [2.05, 4.69) is 6.92 Å². The highest BCUT2D eigenvalue weighted by atomic mass is 28.3. The highest BCUT2D eigenvalue weighted by molar-refractivity contribution is 6.58. The van der Waals surface area contributed by atoms with Crippen molar-refractivity contribution in [2.24, 2.45) is 17.8 Å². The molecule has 27 heavy (non-hydrogen) atoms. The van der Waals surface area contributed by atoms with Crippen LogP contribution >= 0.6 is 0 Å². The monoisotopic (exact) mass is 393 g/mol. The van der Waals surface area contributed by atoms with E-state index in [4.69, 9.17) is 4.74 Å². The second-order valence-corrected chi connectivity index (χ2v) is 11.7. The molecule has 1 aromatic carbocycles. The third-order valence-electron chi connectivity index (χ3n) is 6.81. The lowest BCUT2D eigenvalue weighted by molar-refractivity contribution is 0.147. The van der Waals surface area contributed by atoms with Gasteiger partial charge in [-0.1, -0.05) is 57.2 Å². The topological polar surface area (TPSA) is 9.23 Å². The molecule has 4 heteroatoms. The van der Waals surface area contributed by atoms with E-state index in [0.29, 0.717) is 18.3 Å². The molecule has 0 atom stereocenters. The number of hydrogen-bond acceptors (Lipinski definition) is 1. The summed E-state index contributed by atoms with van der Waals surface area (Å²) >= 11 is 0. The third kappa shape index (κ3) is 6.30. The molecule has 1 saturated carbocycles. The van der Waals surface area contributed by atoms with Crippen molar-refractivity contribution >= 4 is 8.80 Å². The van der Waals surface area contributed by atoms with Crippen molar-refractivity contribution in [2.45, 2.75) is 82.8 Å². The number of halogens is 2. The van der Waals surface area contributed by atoms with Crippen molar-refractivity contribution in [1.29, 1.82) is 0 Å². The molecule has 1 nitrogen and oxygen atoms in total. The van der Waals surface area contributed by atoms with Gasteiger partial charge >= 0.3 is 0 Å². The molecule has 0 spiro atoms. The third-order valence-corrected chi connectivity index (χ3v) is 9.86. The van der Waals surface area contributed by atoms with Gasteiger partial charge in [0.15, 0.2) is 11.6 Å². The van der Waals surface area contributed by atoms with Crippen molar-refractivity contribution in [1.82, 2.24) is 0 Å². The van der Waals surface area contributed by atoms with E-state index in [1.54, 1.807) is 18.1 Å². The van der Waals surface area contributed by atoms with Crippen molar-refractivity contribution in [3.05, 3.63) is 29.8 Å². The minimum absolute atomic E-state index is 0.0240. The molecule has 1 heterocycles. The Bertz CT molecular complexity index is 563. The van der Waals surface area contributed by atoms with Gasteiger partial charge in [-0.25, -0.2) is 8.78 Å². The summed E-state index contributed by atoms with van der Waals surface area (Å²) in [6, 6.07) is 8.48. The number of rotatable bonds is 8. The lowest BCUT2D eigenvalue weighted by Gasteiger charge is -2.37. The molecule has 1 aliphatic heterocycles. The first-order valence-corrected chi connectivity index (χ1v) is 13.2. The zero-order chi connectivity index (χ0) is 19.1. The zero-order valence-corrected chi connectivity index (χ0v) is 17.8. The van der Waals surface area contributed by atoms with Crippen LogP contribution in [0.5, 0.6) is 5.75 Å². The van der Waals surface area contributed by atoms with E-state index in [1.165, 1.54) is 63.9 Å². The van der Waals surface area contributed by atoms with E-state index >= 15 is 0 Å². The number of unbranched alkanes of at least 4 members (excludes halogenated alkanes) is 2. The van der Waals surface area contributed by atoms with Crippen LogP contribution in [0.4, 0.5) is 8.78 Å². The molecule has 3 rings (SSSR count). The summed E-state index contributed by atoms with van der Waals surface area (Å²) in [5.74, 6) is 1.25. The second kappa shape index (κ2) is 10.6. The van der Waals surface area contributed by atoms with Crippen molar-refractivity contribution < 1.29 is 13.5 Å². The summed E-state index contributed by atoms with van der Waals surface area (Å²) < 4.78 is 32.0. The normalized spacial score (nSPS) is 24.9. The lowest BCUT2D eigenvalue weighted by atomic mass is 9.74. The van der Waals surface area contributed by atoms with Crippen LogP contribution in [0.25, 0.3) is 0 Å². The minimum atomic E-state index is -0.830. The summed E-state index contributed by atoms with van der Waals surface area (Å²) in [5.41, 5.74) is 0. The average molecular weight is 394 g/mol. The summed E-state index contributed by atoms with van der Waals surface area (Å²) in [7, 11) is -0.0240. The first-order chi connectivity index (χ1) is 13.2. The molecule has 151 valence electrons. The average Bonchev–Trinajstić information content (AvgIpc) is 2.70. The molecule has 0 bridgehead atoms. The van der Waals surface area contributed by atoms with E-state index in [1.807, 2.05) is 0 Å². The minimum Gasteiger partial charge on any atom is -0.493 e. The highest BCUT2D eigenvalue weighted by Crippen LogP contribution is 2.41. The Hall–Kier alpha value is -0.903. The molecular weight excluding hydrogens is 358 g/mol. The van der Waals surface area contributed by atoms with Gasteiger partial charge < -0.3 is 4.74 Å². The van der Waals surface area contributed by atoms with E-state index in [-0.39, 0.29) is 8.80 Å². The predicted octanol–water partition coefficient (Wildman–Crippen LogP) is 7.25. The van der Waals surface area contributed by atoms with Gasteiger partial charge in [0.1, 0.15) is 5.75 Å². The fourth-order valence-corrected chi connectivity index (χ4v) is 8.06. The van der Waals surface area contributed by atoms with Crippen LogP contribution < -0.4 is 4.74 Å². The highest BCUT2D eigenvalue weighted by Gasteiger charge is 2.31. The van der Waals surface area contributed by atoms with Gasteiger partial charge in [0.05, 0.1) is 6.61 Å². The van der Waals surface area contributed by atoms with Crippen LogP contribution in [-0.2, 0) is 0 Å².